The van der Waals surface area contributed by atoms with E-state index in [4.69, 9.17) is 4.98 Å². The third-order valence-electron chi connectivity index (χ3n) is 8.43. The van der Waals surface area contributed by atoms with Gasteiger partial charge in [0.25, 0.3) is 0 Å². The van der Waals surface area contributed by atoms with Crippen LogP contribution in [0.3, 0.4) is 0 Å². The molecule has 0 amide bonds. The van der Waals surface area contributed by atoms with E-state index in [1.54, 1.807) is 12.3 Å². The number of benzene rings is 1. The third-order valence-corrected chi connectivity index (χ3v) is 10.8. The number of nitrogens with zero attached hydrogens (tertiary/aromatic N) is 4. The normalized spacial score (nSPS) is 18.2. The molecule has 1 aromatic carbocycles. The number of fused-ring (bicyclic) bond motifs is 2. The van der Waals surface area contributed by atoms with Crippen LogP contribution in [0, 0.1) is 5.82 Å². The monoisotopic (exact) mass is 526 g/mol. The second kappa shape index (κ2) is 10.0. The van der Waals surface area contributed by atoms with Gasteiger partial charge in [-0.2, -0.15) is 0 Å². The molecule has 0 aliphatic carbocycles. The molecular weight excluding hydrogens is 487 g/mol. The zero-order valence-electron chi connectivity index (χ0n) is 22.7. The zero-order valence-corrected chi connectivity index (χ0v) is 23.5. The summed E-state index contributed by atoms with van der Waals surface area (Å²) in [4.78, 5) is 9.08. The lowest BCUT2D eigenvalue weighted by Gasteiger charge is -2.30. The number of sulfone groups is 1. The highest BCUT2D eigenvalue weighted by Crippen LogP contribution is 2.42. The SMILES string of the molecule is CCC(CS(=O)(=O)C1CCN(C)CC1)c1ccnc2c1c(-c1cc3c(cc1F)CCN3C)cn2C(C)C. The van der Waals surface area contributed by atoms with Crippen molar-refractivity contribution in [1.82, 2.24) is 14.5 Å². The van der Waals surface area contributed by atoms with Crippen molar-refractivity contribution in [3.63, 3.8) is 0 Å². The van der Waals surface area contributed by atoms with Crippen molar-refractivity contribution in [2.75, 3.05) is 44.4 Å². The van der Waals surface area contributed by atoms with Crippen LogP contribution >= 0.6 is 0 Å². The Bertz CT molecular complexity index is 1410. The van der Waals surface area contributed by atoms with E-state index < -0.39 is 9.84 Å². The van der Waals surface area contributed by atoms with Crippen LogP contribution in [0.25, 0.3) is 22.2 Å². The summed E-state index contributed by atoms with van der Waals surface area (Å²) >= 11 is 0. The molecule has 2 aliphatic rings. The highest BCUT2D eigenvalue weighted by molar-refractivity contribution is 7.92. The van der Waals surface area contributed by atoms with Gasteiger partial charge in [0.15, 0.2) is 9.84 Å². The fourth-order valence-electron chi connectivity index (χ4n) is 6.10. The summed E-state index contributed by atoms with van der Waals surface area (Å²) in [6.45, 7) is 8.73. The summed E-state index contributed by atoms with van der Waals surface area (Å²) in [6, 6.07) is 5.71. The molecule has 0 bridgehead atoms. The zero-order chi connectivity index (χ0) is 26.5. The average Bonchev–Trinajstić information content (AvgIpc) is 3.43. The van der Waals surface area contributed by atoms with Crippen LogP contribution in [0.4, 0.5) is 10.1 Å². The van der Waals surface area contributed by atoms with Gasteiger partial charge in [0, 0.05) is 54.2 Å². The number of aromatic nitrogens is 2. The van der Waals surface area contributed by atoms with Crippen LogP contribution in [0.2, 0.25) is 0 Å². The van der Waals surface area contributed by atoms with Crippen LogP contribution in [-0.2, 0) is 16.3 Å². The van der Waals surface area contributed by atoms with Crippen LogP contribution < -0.4 is 4.90 Å². The highest BCUT2D eigenvalue weighted by atomic mass is 32.2. The molecule has 200 valence electrons. The molecule has 3 aromatic rings. The maximum absolute atomic E-state index is 15.6. The van der Waals surface area contributed by atoms with Crippen molar-refractivity contribution >= 4 is 26.6 Å². The van der Waals surface area contributed by atoms with E-state index in [1.165, 1.54) is 0 Å². The Morgan fingerprint density at radius 1 is 1.11 bits per heavy atom. The number of rotatable bonds is 7. The van der Waals surface area contributed by atoms with Crippen molar-refractivity contribution in [2.24, 2.45) is 0 Å². The maximum atomic E-state index is 15.6. The first-order chi connectivity index (χ1) is 17.6. The van der Waals surface area contributed by atoms with Crippen molar-refractivity contribution in [3.8, 4) is 11.1 Å². The number of likely N-dealkylation sites (tertiary alicyclic amines) is 1. The molecule has 2 aromatic heterocycles. The van der Waals surface area contributed by atoms with E-state index in [0.29, 0.717) is 24.8 Å². The van der Waals surface area contributed by atoms with Crippen LogP contribution in [-0.4, -0.2) is 67.6 Å². The Labute approximate surface area is 220 Å². The van der Waals surface area contributed by atoms with Crippen molar-refractivity contribution in [3.05, 3.63) is 47.5 Å². The van der Waals surface area contributed by atoms with E-state index >= 15 is 4.39 Å². The molecule has 0 N–H and O–H groups in total. The highest BCUT2D eigenvalue weighted by Gasteiger charge is 2.33. The summed E-state index contributed by atoms with van der Waals surface area (Å²) < 4.78 is 44.8. The van der Waals surface area contributed by atoms with Crippen molar-refractivity contribution in [1.29, 1.82) is 0 Å². The molecule has 1 unspecified atom stereocenters. The van der Waals surface area contributed by atoms with Gasteiger partial charge < -0.3 is 14.4 Å². The largest absolute Gasteiger partial charge is 0.374 e. The molecule has 1 fully saturated rings. The summed E-state index contributed by atoms with van der Waals surface area (Å²) in [5.74, 6) is -0.311. The lowest BCUT2D eigenvalue weighted by atomic mass is 9.92. The second-order valence-corrected chi connectivity index (χ2v) is 13.5. The summed E-state index contributed by atoms with van der Waals surface area (Å²) in [5, 5.41) is 0.584. The quantitative estimate of drug-likeness (QED) is 0.412. The Hall–Kier alpha value is -2.45. The predicted molar refractivity (Wildman–Crippen MR) is 150 cm³/mol. The molecule has 37 heavy (non-hydrogen) atoms. The Morgan fingerprint density at radius 2 is 1.84 bits per heavy atom. The molecule has 0 saturated carbocycles. The first kappa shape index (κ1) is 26.2. The molecule has 8 heteroatoms. The van der Waals surface area contributed by atoms with Gasteiger partial charge in [0.1, 0.15) is 11.5 Å². The number of likely N-dealkylation sites (N-methyl/N-ethyl adjacent to an activating group) is 1. The van der Waals surface area contributed by atoms with E-state index in [-0.39, 0.29) is 28.8 Å². The molecule has 0 spiro atoms. The van der Waals surface area contributed by atoms with Gasteiger partial charge in [0.05, 0.1) is 11.0 Å². The third kappa shape index (κ3) is 4.78. The Morgan fingerprint density at radius 3 is 2.51 bits per heavy atom. The van der Waals surface area contributed by atoms with Gasteiger partial charge in [-0.25, -0.2) is 17.8 Å². The van der Waals surface area contributed by atoms with Gasteiger partial charge in [-0.05, 0) is 94.9 Å². The van der Waals surface area contributed by atoms with E-state index in [1.807, 2.05) is 39.3 Å². The Balaban J connectivity index is 1.63. The second-order valence-electron chi connectivity index (χ2n) is 11.2. The number of anilines is 1. The van der Waals surface area contributed by atoms with E-state index in [2.05, 4.69) is 28.2 Å². The Kier molecular flexibility index (Phi) is 7.09. The van der Waals surface area contributed by atoms with Crippen LogP contribution in [0.5, 0.6) is 0 Å². The summed E-state index contributed by atoms with van der Waals surface area (Å²) in [6.07, 6.45) is 6.68. The molecule has 2 aliphatic heterocycles. The number of hydrogen-bond donors (Lipinski definition) is 0. The molecule has 1 saturated heterocycles. The van der Waals surface area contributed by atoms with Crippen LogP contribution in [0.1, 0.15) is 63.1 Å². The minimum Gasteiger partial charge on any atom is -0.374 e. The molecular formula is C29H39FN4O2S. The molecule has 1 atom stereocenters. The first-order valence-electron chi connectivity index (χ1n) is 13.5. The number of pyridine rings is 1. The minimum absolute atomic E-state index is 0.110. The van der Waals surface area contributed by atoms with E-state index in [9.17, 15) is 8.42 Å². The summed E-state index contributed by atoms with van der Waals surface area (Å²) in [5.41, 5.74) is 5.17. The first-order valence-corrected chi connectivity index (χ1v) is 15.3. The maximum Gasteiger partial charge on any atom is 0.153 e. The van der Waals surface area contributed by atoms with E-state index in [0.717, 1.165) is 59.5 Å². The molecule has 5 rings (SSSR count). The number of halogens is 1. The fourth-order valence-corrected chi connectivity index (χ4v) is 8.28. The fraction of sp³-hybridized carbons (Fsp3) is 0.552. The predicted octanol–water partition coefficient (Wildman–Crippen LogP) is 5.42. The lowest BCUT2D eigenvalue weighted by molar-refractivity contribution is 0.277. The standard InChI is InChI=1S/C29H39FN4O2S/c1-6-20(18-37(35,36)22-9-12-32(4)13-10-22)23-7-11-31-29-28(23)25(17-34(29)19(2)3)24-16-27-21(15-26(24)30)8-14-33(27)5/h7,11,15-17,19-20,22H,6,8-10,12-14,18H2,1-5H3. The van der Waals surface area contributed by atoms with Gasteiger partial charge in [-0.1, -0.05) is 6.92 Å². The molecule has 4 heterocycles. The summed E-state index contributed by atoms with van der Waals surface area (Å²) in [7, 11) is 0.804. The number of piperidine rings is 1. The van der Waals surface area contributed by atoms with Gasteiger partial charge >= 0.3 is 0 Å². The van der Waals surface area contributed by atoms with Crippen molar-refractivity contribution < 1.29 is 12.8 Å². The smallest absolute Gasteiger partial charge is 0.153 e. The van der Waals surface area contributed by atoms with Gasteiger partial charge in [-0.15, -0.1) is 0 Å². The molecule has 0 radical (unpaired) electrons. The minimum atomic E-state index is -3.28. The topological polar surface area (TPSA) is 58.4 Å². The average molecular weight is 527 g/mol. The van der Waals surface area contributed by atoms with Gasteiger partial charge in [0.2, 0.25) is 0 Å². The molecule has 6 nitrogen and oxygen atoms in total. The lowest BCUT2D eigenvalue weighted by Crippen LogP contribution is -2.38. The van der Waals surface area contributed by atoms with Crippen LogP contribution in [0.15, 0.2) is 30.6 Å². The van der Waals surface area contributed by atoms with Crippen molar-refractivity contribution in [2.45, 2.75) is 63.7 Å². The van der Waals surface area contributed by atoms with Gasteiger partial charge in [-0.3, -0.25) is 0 Å². The number of hydrogen-bond acceptors (Lipinski definition) is 5.